The number of carbonyl (C=O) groups is 2. The number of nitriles is 2. The zero-order valence-electron chi connectivity index (χ0n) is 11.3. The van der Waals surface area contributed by atoms with Crippen molar-refractivity contribution in [3.63, 3.8) is 0 Å². The van der Waals surface area contributed by atoms with Crippen LogP contribution in [0.1, 0.15) is 33.1 Å². The Kier molecular flexibility index (Phi) is 5.80. The molecule has 3 N–H and O–H groups in total. The summed E-state index contributed by atoms with van der Waals surface area (Å²) in [6, 6.07) is 2.37. The maximum Gasteiger partial charge on any atom is 0.330 e. The Morgan fingerprint density at radius 2 is 1.75 bits per heavy atom. The van der Waals surface area contributed by atoms with Crippen molar-refractivity contribution in [2.45, 2.75) is 39.2 Å². The van der Waals surface area contributed by atoms with Gasteiger partial charge in [-0.15, -0.1) is 0 Å². The SMILES string of the molecule is CC(C#N)(CCC(=O)O)C(C)(C#N)CC(N=N)C(=O)O. The molecule has 0 saturated carbocycles. The summed E-state index contributed by atoms with van der Waals surface area (Å²) in [5, 5.41) is 39.1. The third kappa shape index (κ3) is 3.75. The Balaban J connectivity index is 5.42. The van der Waals surface area contributed by atoms with Gasteiger partial charge >= 0.3 is 11.9 Å². The molecule has 0 saturated heterocycles. The molecule has 0 aliphatic heterocycles. The molecule has 0 bridgehead atoms. The highest BCUT2D eigenvalue weighted by Crippen LogP contribution is 2.45. The molecule has 0 amide bonds. The summed E-state index contributed by atoms with van der Waals surface area (Å²) >= 11 is 0. The van der Waals surface area contributed by atoms with Crippen molar-refractivity contribution in [1.82, 2.24) is 0 Å². The Morgan fingerprint density at radius 3 is 2.05 bits per heavy atom. The van der Waals surface area contributed by atoms with E-state index in [0.717, 1.165) is 0 Å². The first-order valence-corrected chi connectivity index (χ1v) is 5.79. The number of aliphatic carboxylic acids is 2. The minimum Gasteiger partial charge on any atom is -0.481 e. The fourth-order valence-electron chi connectivity index (χ4n) is 1.78. The average molecular weight is 280 g/mol. The van der Waals surface area contributed by atoms with Gasteiger partial charge in [0, 0.05) is 12.8 Å². The van der Waals surface area contributed by atoms with Crippen LogP contribution in [0.3, 0.4) is 0 Å². The number of carboxylic acids is 2. The standard InChI is InChI=1S/C12H16N4O4/c1-11(6-13,4-3-9(17)18)12(2,7-14)5-8(16-15)10(19)20/h8,15H,3-5H2,1-2H3,(H,17,18)(H,19,20). The number of nitrogens with one attached hydrogen (secondary N) is 1. The molecule has 3 atom stereocenters. The van der Waals surface area contributed by atoms with Gasteiger partial charge < -0.3 is 10.2 Å². The fourth-order valence-corrected chi connectivity index (χ4v) is 1.78. The van der Waals surface area contributed by atoms with Crippen molar-refractivity contribution < 1.29 is 19.8 Å². The van der Waals surface area contributed by atoms with E-state index in [2.05, 4.69) is 5.11 Å². The minimum atomic E-state index is -1.43. The van der Waals surface area contributed by atoms with Gasteiger partial charge in [-0.05, 0) is 20.3 Å². The molecule has 0 aromatic rings. The van der Waals surface area contributed by atoms with Gasteiger partial charge in [-0.25, -0.2) is 10.3 Å². The Hall–Kier alpha value is -2.48. The largest absolute Gasteiger partial charge is 0.481 e. The molecule has 3 unspecified atom stereocenters. The number of rotatable bonds is 8. The van der Waals surface area contributed by atoms with E-state index in [1.54, 1.807) is 0 Å². The van der Waals surface area contributed by atoms with Crippen molar-refractivity contribution in [2.24, 2.45) is 15.9 Å². The van der Waals surface area contributed by atoms with Crippen LogP contribution >= 0.6 is 0 Å². The van der Waals surface area contributed by atoms with Crippen LogP contribution in [0.15, 0.2) is 5.11 Å². The summed E-state index contributed by atoms with van der Waals surface area (Å²) in [6.07, 6.45) is -0.726. The molecule has 0 aromatic carbocycles. The second-order valence-corrected chi connectivity index (χ2v) is 4.97. The van der Waals surface area contributed by atoms with Crippen molar-refractivity contribution in [2.75, 3.05) is 0 Å². The maximum atomic E-state index is 10.9. The first-order chi connectivity index (χ1) is 9.15. The molecule has 0 aliphatic carbocycles. The number of hydrogen-bond donors (Lipinski definition) is 3. The van der Waals surface area contributed by atoms with Crippen molar-refractivity contribution >= 4 is 11.9 Å². The molecule has 0 heterocycles. The summed E-state index contributed by atoms with van der Waals surface area (Å²) in [6.45, 7) is 2.81. The summed E-state index contributed by atoms with van der Waals surface area (Å²) in [4.78, 5) is 21.5. The molecule has 108 valence electrons. The lowest BCUT2D eigenvalue weighted by atomic mass is 9.62. The third-order valence-corrected chi connectivity index (χ3v) is 3.59. The first-order valence-electron chi connectivity index (χ1n) is 5.79. The summed E-state index contributed by atoms with van der Waals surface area (Å²) in [5.74, 6) is -2.47. The van der Waals surface area contributed by atoms with Gasteiger partial charge in [0.15, 0.2) is 6.04 Å². The molecule has 8 heteroatoms. The van der Waals surface area contributed by atoms with Crippen LogP contribution in [0.2, 0.25) is 0 Å². The van der Waals surface area contributed by atoms with E-state index in [9.17, 15) is 20.1 Å². The van der Waals surface area contributed by atoms with Gasteiger partial charge in [-0.2, -0.15) is 15.6 Å². The molecule has 0 spiro atoms. The van der Waals surface area contributed by atoms with Crippen LogP contribution < -0.4 is 0 Å². The summed E-state index contributed by atoms with van der Waals surface area (Å²) in [5.41, 5.74) is 4.06. The molecule has 0 rings (SSSR count). The highest BCUT2D eigenvalue weighted by molar-refractivity contribution is 5.73. The third-order valence-electron chi connectivity index (χ3n) is 3.59. The van der Waals surface area contributed by atoms with E-state index in [-0.39, 0.29) is 19.3 Å². The van der Waals surface area contributed by atoms with Crippen LogP contribution in [0, 0.1) is 39.0 Å². The van der Waals surface area contributed by atoms with E-state index in [1.807, 2.05) is 12.1 Å². The second-order valence-electron chi connectivity index (χ2n) is 4.97. The van der Waals surface area contributed by atoms with E-state index < -0.39 is 28.8 Å². The van der Waals surface area contributed by atoms with E-state index >= 15 is 0 Å². The van der Waals surface area contributed by atoms with Gasteiger partial charge in [-0.3, -0.25) is 4.79 Å². The van der Waals surface area contributed by atoms with Crippen LogP contribution in [0.5, 0.6) is 0 Å². The number of nitrogens with zero attached hydrogens (tertiary/aromatic N) is 3. The summed E-state index contributed by atoms with van der Waals surface area (Å²) in [7, 11) is 0. The smallest absolute Gasteiger partial charge is 0.330 e. The Bertz CT molecular complexity index is 493. The average Bonchev–Trinajstić information content (AvgIpc) is 2.41. The molecule has 0 aliphatic rings. The molecule has 20 heavy (non-hydrogen) atoms. The Morgan fingerprint density at radius 1 is 1.25 bits per heavy atom. The normalized spacial score (nSPS) is 17.6. The molecule has 0 radical (unpaired) electrons. The molecule has 0 fully saturated rings. The highest BCUT2D eigenvalue weighted by Gasteiger charge is 2.48. The number of carboxylic acid groups (broad SMARTS) is 2. The first kappa shape index (κ1) is 17.5. The van der Waals surface area contributed by atoms with Gasteiger partial charge in [-0.1, -0.05) is 0 Å². The molecule has 8 nitrogen and oxygen atoms in total. The zero-order chi connectivity index (χ0) is 16.0. The van der Waals surface area contributed by atoms with Crippen molar-refractivity contribution in [3.8, 4) is 12.1 Å². The second kappa shape index (κ2) is 6.62. The van der Waals surface area contributed by atoms with E-state index in [0.29, 0.717) is 0 Å². The lowest BCUT2D eigenvalue weighted by Crippen LogP contribution is -2.40. The van der Waals surface area contributed by atoms with Crippen molar-refractivity contribution in [3.05, 3.63) is 0 Å². The monoisotopic (exact) mass is 280 g/mol. The lowest BCUT2D eigenvalue weighted by Gasteiger charge is -2.36. The molecular weight excluding hydrogens is 264 g/mol. The summed E-state index contributed by atoms with van der Waals surface area (Å²) < 4.78 is 0. The van der Waals surface area contributed by atoms with Crippen LogP contribution in [-0.4, -0.2) is 28.2 Å². The van der Waals surface area contributed by atoms with Gasteiger partial charge in [0.2, 0.25) is 0 Å². The van der Waals surface area contributed by atoms with Gasteiger partial charge in [0.25, 0.3) is 0 Å². The fraction of sp³-hybridized carbons (Fsp3) is 0.667. The predicted molar refractivity (Wildman–Crippen MR) is 65.5 cm³/mol. The van der Waals surface area contributed by atoms with Crippen LogP contribution in [-0.2, 0) is 9.59 Å². The van der Waals surface area contributed by atoms with Gasteiger partial charge in [0.05, 0.1) is 23.0 Å². The topological polar surface area (TPSA) is 158 Å². The van der Waals surface area contributed by atoms with E-state index in [4.69, 9.17) is 15.7 Å². The predicted octanol–water partition coefficient (Wildman–Crippen LogP) is 1.79. The zero-order valence-corrected chi connectivity index (χ0v) is 11.3. The maximum absolute atomic E-state index is 10.9. The highest BCUT2D eigenvalue weighted by atomic mass is 16.4. The van der Waals surface area contributed by atoms with Crippen LogP contribution in [0.4, 0.5) is 0 Å². The van der Waals surface area contributed by atoms with Gasteiger partial charge in [0.1, 0.15) is 0 Å². The minimum absolute atomic E-state index is 0.0900. The molecule has 0 aromatic heterocycles. The number of hydrogen-bond acceptors (Lipinski definition) is 6. The lowest BCUT2D eigenvalue weighted by molar-refractivity contribution is -0.140. The quantitative estimate of drug-likeness (QED) is 0.574. The Labute approximate surface area is 116 Å². The van der Waals surface area contributed by atoms with Crippen molar-refractivity contribution in [1.29, 1.82) is 16.1 Å². The molecular formula is C12H16N4O4. The van der Waals surface area contributed by atoms with Crippen LogP contribution in [0.25, 0.3) is 0 Å². The van der Waals surface area contributed by atoms with E-state index in [1.165, 1.54) is 13.8 Å².